The smallest absolute Gasteiger partial charge is 0.427 e. The number of amides is 1. The van der Waals surface area contributed by atoms with Gasteiger partial charge in [-0.05, 0) is 19.1 Å². The third-order valence-corrected chi connectivity index (χ3v) is 6.38. The number of piperazine rings is 1. The second kappa shape index (κ2) is 8.23. The Balaban J connectivity index is 1.81. The van der Waals surface area contributed by atoms with Crippen LogP contribution in [0.3, 0.4) is 0 Å². The van der Waals surface area contributed by atoms with Crippen molar-refractivity contribution >= 4 is 40.4 Å². The highest BCUT2D eigenvalue weighted by atomic mass is 35.5. The van der Waals surface area contributed by atoms with E-state index in [2.05, 4.69) is 20.3 Å². The van der Waals surface area contributed by atoms with Crippen LogP contribution < -0.4 is 15.6 Å². The molecule has 2 bridgehead atoms. The lowest BCUT2D eigenvalue weighted by atomic mass is 9.98. The van der Waals surface area contributed by atoms with E-state index in [-0.39, 0.29) is 18.1 Å². The number of pyridine rings is 1. The van der Waals surface area contributed by atoms with E-state index in [1.54, 1.807) is 6.26 Å². The molecule has 4 rings (SSSR count). The van der Waals surface area contributed by atoms with Gasteiger partial charge in [0.05, 0.1) is 12.1 Å². The van der Waals surface area contributed by atoms with E-state index in [1.165, 1.54) is 0 Å². The Bertz CT molecular complexity index is 1130. The van der Waals surface area contributed by atoms with Crippen LogP contribution in [-0.2, 0) is 0 Å². The predicted octanol–water partition coefficient (Wildman–Crippen LogP) is 2.62. The van der Waals surface area contributed by atoms with E-state index in [4.69, 9.17) is 16.3 Å². The lowest BCUT2D eigenvalue weighted by Crippen LogP contribution is -2.66. The van der Waals surface area contributed by atoms with Gasteiger partial charge in [0.25, 0.3) is 5.56 Å². The number of aromatic amines is 1. The molecule has 4 heterocycles. The van der Waals surface area contributed by atoms with Gasteiger partial charge in [0.2, 0.25) is 12.0 Å². The number of H-pyrrole nitrogens is 1. The molecule has 9 nitrogen and oxygen atoms in total. The van der Waals surface area contributed by atoms with E-state index in [0.717, 1.165) is 16.7 Å². The molecule has 2 aromatic rings. The number of thioether (sulfide) groups is 1. The Morgan fingerprint density at radius 1 is 1.38 bits per heavy atom. The van der Waals surface area contributed by atoms with Crippen molar-refractivity contribution in [2.45, 2.75) is 48.4 Å². The monoisotopic (exact) mass is 497 g/mol. The maximum atomic E-state index is 14.5. The number of ether oxygens (including phenoxy) is 1. The number of carbonyl (C=O) groups is 1. The summed E-state index contributed by atoms with van der Waals surface area (Å²) in [5, 5.41) is 10.7. The number of fused-ring (bicyclic) bond motifs is 3. The minimum Gasteiger partial charge on any atom is -0.465 e. The summed E-state index contributed by atoms with van der Waals surface area (Å²) >= 11 is 6.72. The van der Waals surface area contributed by atoms with E-state index in [0.29, 0.717) is 6.42 Å². The molecule has 2 aromatic heterocycles. The van der Waals surface area contributed by atoms with Gasteiger partial charge in [-0.25, -0.2) is 14.2 Å². The molecule has 0 radical (unpaired) electrons. The van der Waals surface area contributed by atoms with Crippen molar-refractivity contribution in [3.8, 4) is 5.88 Å². The molecule has 4 atom stereocenters. The molecular formula is C17H16ClF4N5O4S. The summed E-state index contributed by atoms with van der Waals surface area (Å²) in [5.74, 6) is -2.02. The largest absolute Gasteiger partial charge is 0.465 e. The number of carboxylic acid groups (broad SMARTS) is 1. The number of aromatic nitrogens is 3. The number of hydrogen-bond acceptors (Lipinski definition) is 7. The molecule has 1 amide bonds. The zero-order valence-electron chi connectivity index (χ0n) is 16.2. The Hall–Kier alpha value is -2.32. The quantitative estimate of drug-likeness (QED) is 0.255. The summed E-state index contributed by atoms with van der Waals surface area (Å²) in [6.45, 7) is 0.000971. The normalized spacial score (nSPS) is 24.1. The van der Waals surface area contributed by atoms with E-state index in [9.17, 15) is 32.3 Å². The fourth-order valence-corrected chi connectivity index (χ4v) is 4.77. The second-order valence-corrected chi connectivity index (χ2v) is 8.48. The van der Waals surface area contributed by atoms with Gasteiger partial charge in [-0.3, -0.25) is 9.69 Å². The summed E-state index contributed by atoms with van der Waals surface area (Å²) in [4.78, 5) is 34.8. The summed E-state index contributed by atoms with van der Waals surface area (Å²) in [7, 11) is 0. The van der Waals surface area contributed by atoms with Crippen LogP contribution in [0.2, 0.25) is 5.15 Å². The van der Waals surface area contributed by atoms with Crippen LogP contribution in [0.25, 0.3) is 10.9 Å². The molecule has 15 heteroatoms. The highest BCUT2D eigenvalue weighted by Crippen LogP contribution is 2.38. The fourth-order valence-electron chi connectivity index (χ4n) is 4.23. The molecule has 174 valence electrons. The molecule has 0 saturated carbocycles. The predicted molar refractivity (Wildman–Crippen MR) is 106 cm³/mol. The molecule has 0 spiro atoms. The maximum Gasteiger partial charge on any atom is 0.427 e. The number of rotatable bonds is 4. The van der Waals surface area contributed by atoms with Crippen LogP contribution in [0, 0.1) is 5.82 Å². The second-order valence-electron chi connectivity index (χ2n) is 7.32. The van der Waals surface area contributed by atoms with Gasteiger partial charge in [0, 0.05) is 12.6 Å². The SMILES string of the molecule is CSc1nc2c(F)c(Cl)nc(OC([C@@H]3NC[C@H]4CC[C@@H]3N4C(=O)O)C(F)(F)F)c2c(=O)[nH]1. The maximum absolute atomic E-state index is 14.5. The van der Waals surface area contributed by atoms with E-state index < -0.39 is 69.8 Å². The molecule has 0 aliphatic carbocycles. The van der Waals surface area contributed by atoms with Crippen LogP contribution >= 0.6 is 23.4 Å². The Kier molecular flexibility index (Phi) is 5.88. The summed E-state index contributed by atoms with van der Waals surface area (Å²) in [6.07, 6.45) is -6.75. The van der Waals surface area contributed by atoms with Crippen molar-refractivity contribution in [3.63, 3.8) is 0 Å². The molecular weight excluding hydrogens is 482 g/mol. The lowest BCUT2D eigenvalue weighted by molar-refractivity contribution is -0.209. The molecule has 2 aliphatic heterocycles. The number of nitrogens with zero attached hydrogens (tertiary/aromatic N) is 3. The van der Waals surface area contributed by atoms with Gasteiger partial charge in [0.15, 0.2) is 16.1 Å². The molecule has 0 aromatic carbocycles. The van der Waals surface area contributed by atoms with Gasteiger partial charge in [0.1, 0.15) is 10.9 Å². The van der Waals surface area contributed by atoms with Crippen LogP contribution in [0.4, 0.5) is 22.4 Å². The molecule has 32 heavy (non-hydrogen) atoms. The van der Waals surface area contributed by atoms with Crippen molar-refractivity contribution in [2.75, 3.05) is 12.8 Å². The number of hydrogen-bond donors (Lipinski definition) is 3. The highest BCUT2D eigenvalue weighted by molar-refractivity contribution is 7.98. The fraction of sp³-hybridized carbons (Fsp3) is 0.529. The van der Waals surface area contributed by atoms with Gasteiger partial charge in [-0.1, -0.05) is 23.4 Å². The third kappa shape index (κ3) is 3.83. The van der Waals surface area contributed by atoms with Crippen LogP contribution in [0.15, 0.2) is 9.95 Å². The van der Waals surface area contributed by atoms with Crippen LogP contribution in [0.1, 0.15) is 12.8 Å². The van der Waals surface area contributed by atoms with E-state index in [1.807, 2.05) is 0 Å². The molecule has 2 fully saturated rings. The zero-order chi connectivity index (χ0) is 23.4. The summed E-state index contributed by atoms with van der Waals surface area (Å²) in [5.41, 5.74) is -1.54. The lowest BCUT2D eigenvalue weighted by Gasteiger charge is -2.42. The Labute approximate surface area is 186 Å². The van der Waals surface area contributed by atoms with Crippen LogP contribution in [0.5, 0.6) is 5.88 Å². The van der Waals surface area contributed by atoms with E-state index >= 15 is 0 Å². The van der Waals surface area contributed by atoms with Gasteiger partial charge >= 0.3 is 12.3 Å². The van der Waals surface area contributed by atoms with Crippen molar-refractivity contribution in [1.82, 2.24) is 25.2 Å². The number of nitrogens with one attached hydrogen (secondary N) is 2. The summed E-state index contributed by atoms with van der Waals surface area (Å²) < 4.78 is 61.9. The Morgan fingerprint density at radius 2 is 2.09 bits per heavy atom. The third-order valence-electron chi connectivity index (χ3n) is 5.55. The number of halogens is 5. The first-order valence-electron chi connectivity index (χ1n) is 9.34. The summed E-state index contributed by atoms with van der Waals surface area (Å²) in [6, 6.07) is -2.94. The minimum atomic E-state index is -4.98. The standard InChI is InChI=1S/C17H16ClF4N5O4S/c1-32-15-24-10-7(13(28)26-15)14(25-12(18)8(10)19)31-11(17(20,21)22)9-6-3-2-5(4-23-9)27(6)16(29)30/h5-6,9,11,23H,2-4H2,1H3,(H,29,30)(H,24,26,28)/t5-,6+,9-,11?/m1/s1. The topological polar surface area (TPSA) is 120 Å². The Morgan fingerprint density at radius 3 is 2.72 bits per heavy atom. The van der Waals surface area contributed by atoms with Crippen molar-refractivity contribution in [2.24, 2.45) is 0 Å². The molecule has 3 N–H and O–H groups in total. The van der Waals surface area contributed by atoms with Crippen molar-refractivity contribution in [3.05, 3.63) is 21.3 Å². The first kappa shape index (κ1) is 22.9. The van der Waals surface area contributed by atoms with Crippen molar-refractivity contribution in [1.29, 1.82) is 0 Å². The average molecular weight is 498 g/mol. The first-order valence-corrected chi connectivity index (χ1v) is 10.9. The highest BCUT2D eigenvalue weighted by Gasteiger charge is 2.56. The molecule has 1 unspecified atom stereocenters. The van der Waals surface area contributed by atoms with Gasteiger partial charge in [-0.15, -0.1) is 0 Å². The van der Waals surface area contributed by atoms with Crippen LogP contribution in [-0.4, -0.2) is 74.3 Å². The number of alkyl halides is 3. The zero-order valence-corrected chi connectivity index (χ0v) is 17.8. The van der Waals surface area contributed by atoms with Gasteiger partial charge < -0.3 is 20.1 Å². The molecule has 2 saturated heterocycles. The average Bonchev–Trinajstić information content (AvgIpc) is 3.03. The van der Waals surface area contributed by atoms with Gasteiger partial charge in [-0.2, -0.15) is 18.2 Å². The molecule has 2 aliphatic rings. The van der Waals surface area contributed by atoms with Crippen molar-refractivity contribution < 1.29 is 32.2 Å². The minimum absolute atomic E-state index is 0.000971. The first-order chi connectivity index (χ1) is 15.0.